The van der Waals surface area contributed by atoms with Crippen LogP contribution in [0.3, 0.4) is 0 Å². The molecule has 0 saturated carbocycles. The summed E-state index contributed by atoms with van der Waals surface area (Å²) >= 11 is 0. The number of oxazole rings is 1. The van der Waals surface area contributed by atoms with Gasteiger partial charge in [-0.25, -0.2) is 23.0 Å². The van der Waals surface area contributed by atoms with Crippen LogP contribution < -0.4 is 0 Å². The number of carboxylic acid groups (broad SMARTS) is 2. The lowest BCUT2D eigenvalue weighted by Crippen LogP contribution is -2.06. The van der Waals surface area contributed by atoms with Crippen LogP contribution in [-0.4, -0.2) is 47.1 Å². The van der Waals surface area contributed by atoms with Crippen molar-refractivity contribution in [1.82, 2.24) is 4.98 Å². The van der Waals surface area contributed by atoms with Gasteiger partial charge in [-0.05, 0) is 6.42 Å². The van der Waals surface area contributed by atoms with Gasteiger partial charge in [0.25, 0.3) is 0 Å². The number of aromatic nitrogens is 1. The predicted molar refractivity (Wildman–Crippen MR) is 56.4 cm³/mol. The van der Waals surface area contributed by atoms with Gasteiger partial charge in [0.1, 0.15) is 0 Å². The Labute approximate surface area is 101 Å². The van der Waals surface area contributed by atoms with Gasteiger partial charge in [-0.1, -0.05) is 0 Å². The van der Waals surface area contributed by atoms with Crippen LogP contribution in [0, 0.1) is 0 Å². The maximum atomic E-state index is 11.3. The summed E-state index contributed by atoms with van der Waals surface area (Å²) in [5, 5.41) is 17.5. The highest BCUT2D eigenvalue weighted by molar-refractivity contribution is 7.91. The maximum absolute atomic E-state index is 11.3. The lowest BCUT2D eigenvalue weighted by Gasteiger charge is -1.99. The predicted octanol–water partition coefficient (Wildman–Crippen LogP) is -0.0269. The number of hydrogen-bond acceptors (Lipinski definition) is 6. The van der Waals surface area contributed by atoms with Crippen LogP contribution in [0.2, 0.25) is 0 Å². The van der Waals surface area contributed by atoms with Crippen LogP contribution in [0.4, 0.5) is 0 Å². The fourth-order valence-corrected chi connectivity index (χ4v) is 3.52. The summed E-state index contributed by atoms with van der Waals surface area (Å²) in [5.74, 6) is -4.82. The molecule has 1 atom stereocenters. The topological polar surface area (TPSA) is 135 Å². The van der Waals surface area contributed by atoms with Crippen molar-refractivity contribution in [2.75, 3.05) is 11.5 Å². The summed E-state index contributed by atoms with van der Waals surface area (Å²) in [6, 6.07) is 0. The Balaban J connectivity index is 2.39. The van der Waals surface area contributed by atoms with Crippen LogP contribution in [0.15, 0.2) is 4.42 Å². The maximum Gasteiger partial charge on any atom is 0.374 e. The standard InChI is InChI=1S/C9H9NO7S/c11-8(12)5-6(9(13)14)17-7(10-5)4-1-2-18(15,16)3-4/h4H,1-3H2,(H,11,12)(H,13,14). The second-order valence-electron chi connectivity index (χ2n) is 3.94. The van der Waals surface area contributed by atoms with Gasteiger partial charge in [-0.15, -0.1) is 0 Å². The Morgan fingerprint density at radius 2 is 1.94 bits per heavy atom. The quantitative estimate of drug-likeness (QED) is 0.785. The molecule has 2 N–H and O–H groups in total. The Hall–Kier alpha value is -1.90. The van der Waals surface area contributed by atoms with Crippen molar-refractivity contribution >= 4 is 21.8 Å². The third-order valence-corrected chi connectivity index (χ3v) is 4.39. The van der Waals surface area contributed by atoms with E-state index in [1.54, 1.807) is 0 Å². The van der Waals surface area contributed by atoms with E-state index in [-0.39, 0.29) is 23.8 Å². The van der Waals surface area contributed by atoms with Crippen molar-refractivity contribution in [3.8, 4) is 0 Å². The lowest BCUT2D eigenvalue weighted by molar-refractivity contribution is 0.0622. The highest BCUT2D eigenvalue weighted by Crippen LogP contribution is 2.29. The molecular formula is C9H9NO7S. The number of carbonyl (C=O) groups is 2. The van der Waals surface area contributed by atoms with Gasteiger partial charge in [-0.2, -0.15) is 0 Å². The molecule has 0 bridgehead atoms. The Morgan fingerprint density at radius 1 is 1.28 bits per heavy atom. The number of carboxylic acids is 2. The number of aromatic carboxylic acids is 2. The highest BCUT2D eigenvalue weighted by atomic mass is 32.2. The summed E-state index contributed by atoms with van der Waals surface area (Å²) in [5.41, 5.74) is -0.707. The molecule has 0 aromatic carbocycles. The fourth-order valence-electron chi connectivity index (χ4n) is 1.79. The minimum atomic E-state index is -3.18. The van der Waals surface area contributed by atoms with Gasteiger partial charge in [0.15, 0.2) is 15.7 Å². The molecule has 2 heterocycles. The summed E-state index contributed by atoms with van der Waals surface area (Å²) in [6.07, 6.45) is 0.251. The summed E-state index contributed by atoms with van der Waals surface area (Å²) < 4.78 is 27.4. The molecule has 1 aliphatic rings. The first kappa shape index (κ1) is 12.6. The minimum absolute atomic E-state index is 0.0368. The molecule has 0 spiro atoms. The first-order valence-electron chi connectivity index (χ1n) is 4.98. The lowest BCUT2D eigenvalue weighted by atomic mass is 10.1. The van der Waals surface area contributed by atoms with E-state index in [0.717, 1.165) is 0 Å². The van der Waals surface area contributed by atoms with Crippen molar-refractivity contribution in [2.24, 2.45) is 0 Å². The molecule has 1 aromatic heterocycles. The van der Waals surface area contributed by atoms with Gasteiger partial charge in [-0.3, -0.25) is 0 Å². The molecule has 9 heteroatoms. The van der Waals surface area contributed by atoms with E-state index in [1.165, 1.54) is 0 Å². The van der Waals surface area contributed by atoms with E-state index in [1.807, 2.05) is 0 Å². The number of nitrogens with zero attached hydrogens (tertiary/aromatic N) is 1. The highest BCUT2D eigenvalue weighted by Gasteiger charge is 2.35. The third-order valence-electron chi connectivity index (χ3n) is 2.62. The Morgan fingerprint density at radius 3 is 2.33 bits per heavy atom. The summed E-state index contributed by atoms with van der Waals surface area (Å²) in [6.45, 7) is 0. The van der Waals surface area contributed by atoms with Crippen LogP contribution in [0.5, 0.6) is 0 Å². The first-order chi connectivity index (χ1) is 8.30. The van der Waals surface area contributed by atoms with Crippen molar-refractivity contribution in [3.05, 3.63) is 17.3 Å². The number of hydrogen-bond donors (Lipinski definition) is 2. The second kappa shape index (κ2) is 4.09. The van der Waals surface area contributed by atoms with Crippen LogP contribution >= 0.6 is 0 Å². The molecule has 18 heavy (non-hydrogen) atoms. The molecular weight excluding hydrogens is 266 g/mol. The van der Waals surface area contributed by atoms with E-state index in [2.05, 4.69) is 4.98 Å². The molecule has 98 valence electrons. The third kappa shape index (κ3) is 2.21. The average Bonchev–Trinajstić information content (AvgIpc) is 2.80. The van der Waals surface area contributed by atoms with Crippen molar-refractivity contribution < 1.29 is 32.6 Å². The largest absolute Gasteiger partial charge is 0.476 e. The molecule has 0 radical (unpaired) electrons. The van der Waals surface area contributed by atoms with E-state index in [0.29, 0.717) is 0 Å². The van der Waals surface area contributed by atoms with Crippen molar-refractivity contribution in [2.45, 2.75) is 12.3 Å². The monoisotopic (exact) mass is 275 g/mol. The second-order valence-corrected chi connectivity index (χ2v) is 6.17. The molecule has 1 unspecified atom stereocenters. The fraction of sp³-hybridized carbons (Fsp3) is 0.444. The molecule has 0 aliphatic carbocycles. The zero-order valence-corrected chi connectivity index (χ0v) is 9.81. The zero-order chi connectivity index (χ0) is 13.5. The van der Waals surface area contributed by atoms with Crippen LogP contribution in [0.25, 0.3) is 0 Å². The van der Waals surface area contributed by atoms with Gasteiger partial charge >= 0.3 is 11.9 Å². The van der Waals surface area contributed by atoms with Gasteiger partial charge in [0, 0.05) is 0 Å². The minimum Gasteiger partial charge on any atom is -0.476 e. The van der Waals surface area contributed by atoms with E-state index in [4.69, 9.17) is 14.6 Å². The molecule has 1 saturated heterocycles. The normalized spacial score (nSPS) is 21.9. The Kier molecular flexibility index (Phi) is 2.85. The molecule has 0 amide bonds. The first-order valence-corrected chi connectivity index (χ1v) is 6.80. The Bertz CT molecular complexity index is 583. The average molecular weight is 275 g/mol. The van der Waals surface area contributed by atoms with Crippen LogP contribution in [0.1, 0.15) is 39.3 Å². The van der Waals surface area contributed by atoms with Gasteiger partial charge < -0.3 is 14.6 Å². The molecule has 2 rings (SSSR count). The molecule has 1 fully saturated rings. The SMILES string of the molecule is O=C(O)c1nc(C2CCS(=O)(=O)C2)oc1C(=O)O. The summed E-state index contributed by atoms with van der Waals surface area (Å²) in [4.78, 5) is 25.1. The molecule has 1 aromatic rings. The van der Waals surface area contributed by atoms with E-state index >= 15 is 0 Å². The summed E-state index contributed by atoms with van der Waals surface area (Å²) in [7, 11) is -3.18. The molecule has 8 nitrogen and oxygen atoms in total. The number of sulfone groups is 1. The van der Waals surface area contributed by atoms with Crippen LogP contribution in [-0.2, 0) is 9.84 Å². The van der Waals surface area contributed by atoms with E-state index < -0.39 is 39.1 Å². The number of rotatable bonds is 3. The van der Waals surface area contributed by atoms with Gasteiger partial charge in [0.2, 0.25) is 11.5 Å². The smallest absolute Gasteiger partial charge is 0.374 e. The molecule has 1 aliphatic heterocycles. The van der Waals surface area contributed by atoms with Gasteiger partial charge in [0.05, 0.1) is 17.4 Å². The van der Waals surface area contributed by atoms with Crippen molar-refractivity contribution in [3.63, 3.8) is 0 Å². The van der Waals surface area contributed by atoms with E-state index in [9.17, 15) is 18.0 Å². The van der Waals surface area contributed by atoms with Crippen molar-refractivity contribution in [1.29, 1.82) is 0 Å². The zero-order valence-electron chi connectivity index (χ0n) is 8.99.